The summed E-state index contributed by atoms with van der Waals surface area (Å²) in [5, 5.41) is 0. The van der Waals surface area contributed by atoms with Gasteiger partial charge in [-0.2, -0.15) is 0 Å². The Hall–Kier alpha value is -1.96. The molecule has 0 saturated carbocycles. The minimum Gasteiger partial charge on any atom is -0.398 e. The fourth-order valence-corrected chi connectivity index (χ4v) is 3.18. The second-order valence-electron chi connectivity index (χ2n) is 5.74. The van der Waals surface area contributed by atoms with Crippen molar-refractivity contribution in [1.82, 2.24) is 0 Å². The van der Waals surface area contributed by atoms with E-state index < -0.39 is 0 Å². The van der Waals surface area contributed by atoms with Gasteiger partial charge in [0.2, 0.25) is 0 Å². The molecule has 1 heterocycles. The molecule has 0 unspecified atom stereocenters. The van der Waals surface area contributed by atoms with Crippen molar-refractivity contribution in [2.24, 2.45) is 0 Å². The number of nitrogen functional groups attached to an aromatic ring is 1. The normalized spacial score (nSPS) is 14.2. The van der Waals surface area contributed by atoms with Crippen molar-refractivity contribution in [3.8, 4) is 0 Å². The fraction of sp³-hybridized carbons (Fsp3) is 0.333. The summed E-state index contributed by atoms with van der Waals surface area (Å²) in [5.74, 6) is 0. The van der Waals surface area contributed by atoms with E-state index in [1.54, 1.807) is 0 Å². The summed E-state index contributed by atoms with van der Waals surface area (Å²) in [6, 6.07) is 12.8. The SMILES string of the molecule is Cc1cccc(C)c1CN1CCCc2c(N)cccc21. The average Bonchev–Trinajstić information content (AvgIpc) is 2.44. The number of nitrogens with zero attached hydrogens (tertiary/aromatic N) is 1. The van der Waals surface area contributed by atoms with Crippen LogP contribution in [0.1, 0.15) is 28.7 Å². The van der Waals surface area contributed by atoms with Crippen molar-refractivity contribution in [2.45, 2.75) is 33.2 Å². The fourth-order valence-electron chi connectivity index (χ4n) is 3.18. The van der Waals surface area contributed by atoms with Crippen LogP contribution in [0.4, 0.5) is 11.4 Å². The molecule has 2 aromatic rings. The summed E-state index contributed by atoms with van der Waals surface area (Å²) in [6.45, 7) is 6.50. The Morgan fingerprint density at radius 2 is 1.75 bits per heavy atom. The standard InChI is InChI=1S/C18H22N2/c1-13-6-3-7-14(2)16(13)12-20-11-5-8-15-17(19)9-4-10-18(15)20/h3-4,6-7,9-10H,5,8,11-12,19H2,1-2H3. The molecule has 0 radical (unpaired) electrons. The van der Waals surface area contributed by atoms with Crippen LogP contribution in [0.3, 0.4) is 0 Å². The zero-order valence-electron chi connectivity index (χ0n) is 12.3. The molecule has 3 rings (SSSR count). The van der Waals surface area contributed by atoms with E-state index in [4.69, 9.17) is 5.73 Å². The van der Waals surface area contributed by atoms with Gasteiger partial charge in [0.05, 0.1) is 0 Å². The van der Waals surface area contributed by atoms with Crippen molar-refractivity contribution in [1.29, 1.82) is 0 Å². The van der Waals surface area contributed by atoms with Gasteiger partial charge in [-0.3, -0.25) is 0 Å². The summed E-state index contributed by atoms with van der Waals surface area (Å²) < 4.78 is 0. The summed E-state index contributed by atoms with van der Waals surface area (Å²) in [5.41, 5.74) is 13.9. The van der Waals surface area contributed by atoms with E-state index in [-0.39, 0.29) is 0 Å². The predicted molar refractivity (Wildman–Crippen MR) is 86.1 cm³/mol. The van der Waals surface area contributed by atoms with Crippen LogP contribution in [-0.4, -0.2) is 6.54 Å². The van der Waals surface area contributed by atoms with Gasteiger partial charge in [-0.15, -0.1) is 0 Å². The first-order valence-electron chi connectivity index (χ1n) is 7.34. The largest absolute Gasteiger partial charge is 0.398 e. The Kier molecular flexibility index (Phi) is 3.39. The first-order chi connectivity index (χ1) is 9.66. The molecule has 2 heteroatoms. The van der Waals surface area contributed by atoms with E-state index in [0.29, 0.717) is 0 Å². The van der Waals surface area contributed by atoms with Crippen LogP contribution < -0.4 is 10.6 Å². The van der Waals surface area contributed by atoms with Gasteiger partial charge in [0, 0.05) is 24.5 Å². The maximum Gasteiger partial charge on any atom is 0.0434 e. The Bertz CT molecular complexity index is 611. The van der Waals surface area contributed by atoms with E-state index in [1.807, 2.05) is 6.07 Å². The van der Waals surface area contributed by atoms with Crippen LogP contribution in [0, 0.1) is 13.8 Å². The first kappa shape index (κ1) is 13.0. The third-order valence-corrected chi connectivity index (χ3v) is 4.38. The summed E-state index contributed by atoms with van der Waals surface area (Å²) in [4.78, 5) is 2.48. The number of rotatable bonds is 2. The highest BCUT2D eigenvalue weighted by atomic mass is 15.1. The summed E-state index contributed by atoms with van der Waals surface area (Å²) in [6.07, 6.45) is 2.29. The van der Waals surface area contributed by atoms with Gasteiger partial charge >= 0.3 is 0 Å². The molecule has 2 aromatic carbocycles. The highest BCUT2D eigenvalue weighted by molar-refractivity contribution is 5.66. The van der Waals surface area contributed by atoms with E-state index in [2.05, 4.69) is 49.1 Å². The monoisotopic (exact) mass is 266 g/mol. The van der Waals surface area contributed by atoms with Crippen LogP contribution in [-0.2, 0) is 13.0 Å². The van der Waals surface area contributed by atoms with Crippen LogP contribution >= 0.6 is 0 Å². The highest BCUT2D eigenvalue weighted by Gasteiger charge is 2.19. The highest BCUT2D eigenvalue weighted by Crippen LogP contribution is 2.32. The molecule has 2 N–H and O–H groups in total. The molecular formula is C18H22N2. The van der Waals surface area contributed by atoms with E-state index in [9.17, 15) is 0 Å². The molecule has 0 spiro atoms. The second-order valence-corrected chi connectivity index (χ2v) is 5.74. The van der Waals surface area contributed by atoms with Gasteiger partial charge in [-0.1, -0.05) is 24.3 Å². The lowest BCUT2D eigenvalue weighted by molar-refractivity contribution is 0.689. The van der Waals surface area contributed by atoms with Gasteiger partial charge in [-0.05, 0) is 61.1 Å². The minimum absolute atomic E-state index is 0.939. The van der Waals surface area contributed by atoms with Crippen LogP contribution in [0.15, 0.2) is 36.4 Å². The van der Waals surface area contributed by atoms with E-state index >= 15 is 0 Å². The molecular weight excluding hydrogens is 244 g/mol. The average molecular weight is 266 g/mol. The zero-order valence-corrected chi connectivity index (χ0v) is 12.3. The Morgan fingerprint density at radius 3 is 2.50 bits per heavy atom. The quantitative estimate of drug-likeness (QED) is 0.837. The predicted octanol–water partition coefficient (Wildman–Crippen LogP) is 3.84. The third kappa shape index (κ3) is 2.26. The van der Waals surface area contributed by atoms with Crippen molar-refractivity contribution in [3.05, 3.63) is 58.7 Å². The van der Waals surface area contributed by atoms with Crippen molar-refractivity contribution >= 4 is 11.4 Å². The molecule has 0 saturated heterocycles. The number of benzene rings is 2. The molecule has 0 amide bonds. The topological polar surface area (TPSA) is 29.3 Å². The molecule has 0 bridgehead atoms. The third-order valence-electron chi connectivity index (χ3n) is 4.38. The maximum atomic E-state index is 6.13. The van der Waals surface area contributed by atoms with Crippen LogP contribution in [0.25, 0.3) is 0 Å². The number of anilines is 2. The van der Waals surface area contributed by atoms with Crippen molar-refractivity contribution < 1.29 is 0 Å². The Morgan fingerprint density at radius 1 is 1.05 bits per heavy atom. The van der Waals surface area contributed by atoms with Crippen molar-refractivity contribution in [2.75, 3.05) is 17.2 Å². The molecule has 0 aliphatic carbocycles. The number of hydrogen-bond donors (Lipinski definition) is 1. The molecule has 0 atom stereocenters. The lowest BCUT2D eigenvalue weighted by Crippen LogP contribution is -2.29. The number of fused-ring (bicyclic) bond motifs is 1. The van der Waals surface area contributed by atoms with E-state index in [0.717, 1.165) is 25.2 Å². The smallest absolute Gasteiger partial charge is 0.0434 e. The molecule has 0 aromatic heterocycles. The van der Waals surface area contributed by atoms with Gasteiger partial charge < -0.3 is 10.6 Å². The first-order valence-corrected chi connectivity index (χ1v) is 7.34. The molecule has 104 valence electrons. The lowest BCUT2D eigenvalue weighted by atomic mass is 9.97. The van der Waals surface area contributed by atoms with Gasteiger partial charge in [0.1, 0.15) is 0 Å². The van der Waals surface area contributed by atoms with Gasteiger partial charge in [0.15, 0.2) is 0 Å². The van der Waals surface area contributed by atoms with Crippen LogP contribution in [0.2, 0.25) is 0 Å². The lowest BCUT2D eigenvalue weighted by Gasteiger charge is -2.33. The number of aryl methyl sites for hydroxylation is 2. The number of nitrogens with two attached hydrogens (primary N) is 1. The Labute approximate surface area is 121 Å². The number of hydrogen-bond acceptors (Lipinski definition) is 2. The Balaban J connectivity index is 1.96. The van der Waals surface area contributed by atoms with Crippen LogP contribution in [0.5, 0.6) is 0 Å². The second kappa shape index (κ2) is 5.20. The molecule has 20 heavy (non-hydrogen) atoms. The van der Waals surface area contributed by atoms with Gasteiger partial charge in [-0.25, -0.2) is 0 Å². The maximum absolute atomic E-state index is 6.13. The summed E-state index contributed by atoms with van der Waals surface area (Å²) >= 11 is 0. The molecule has 2 nitrogen and oxygen atoms in total. The zero-order chi connectivity index (χ0) is 14.1. The minimum atomic E-state index is 0.939. The van der Waals surface area contributed by atoms with Crippen molar-refractivity contribution in [3.63, 3.8) is 0 Å². The van der Waals surface area contributed by atoms with Gasteiger partial charge in [0.25, 0.3) is 0 Å². The molecule has 0 fully saturated rings. The summed E-state index contributed by atoms with van der Waals surface area (Å²) in [7, 11) is 0. The van der Waals surface area contributed by atoms with E-state index in [1.165, 1.54) is 34.4 Å². The molecule has 1 aliphatic rings. The molecule has 1 aliphatic heterocycles.